The van der Waals surface area contributed by atoms with Crippen LogP contribution in [-0.4, -0.2) is 38.4 Å². The fourth-order valence-electron chi connectivity index (χ4n) is 2.66. The highest BCUT2D eigenvalue weighted by Crippen LogP contribution is 2.23. The van der Waals surface area contributed by atoms with Crippen LogP contribution in [0.2, 0.25) is 0 Å². The highest BCUT2D eigenvalue weighted by atomic mass is 19.1. The minimum absolute atomic E-state index is 0.0332. The maximum atomic E-state index is 12.0. The lowest BCUT2D eigenvalue weighted by atomic mass is 10.0. The van der Waals surface area contributed by atoms with Gasteiger partial charge in [0.25, 0.3) is 0 Å². The summed E-state index contributed by atoms with van der Waals surface area (Å²) in [6, 6.07) is 9.48. The van der Waals surface area contributed by atoms with Crippen molar-refractivity contribution in [1.29, 1.82) is 5.26 Å². The zero-order valence-electron chi connectivity index (χ0n) is 12.5. The first-order chi connectivity index (χ1) is 10.7. The number of carbonyl (C=O) groups is 1. The van der Waals surface area contributed by atoms with Crippen LogP contribution >= 0.6 is 0 Å². The van der Waals surface area contributed by atoms with Gasteiger partial charge >= 0.3 is 6.03 Å². The van der Waals surface area contributed by atoms with E-state index in [1.165, 1.54) is 0 Å². The Morgan fingerprint density at radius 2 is 2.27 bits per heavy atom. The van der Waals surface area contributed by atoms with Crippen molar-refractivity contribution in [2.45, 2.75) is 25.3 Å². The van der Waals surface area contributed by atoms with E-state index in [0.717, 1.165) is 25.1 Å². The van der Waals surface area contributed by atoms with Crippen molar-refractivity contribution in [1.82, 2.24) is 10.6 Å². The summed E-state index contributed by atoms with van der Waals surface area (Å²) in [6.07, 6.45) is 2.19. The number of carbonyl (C=O) groups excluding carboxylic acids is 1. The zero-order valence-corrected chi connectivity index (χ0v) is 12.5. The summed E-state index contributed by atoms with van der Waals surface area (Å²) in [5.41, 5.74) is 1.56. The molecule has 2 amide bonds. The van der Waals surface area contributed by atoms with E-state index < -0.39 is 6.67 Å². The van der Waals surface area contributed by atoms with Gasteiger partial charge in [-0.15, -0.1) is 0 Å². The Balaban J connectivity index is 1.92. The summed E-state index contributed by atoms with van der Waals surface area (Å²) in [5, 5.41) is 14.8. The molecule has 5 nitrogen and oxygen atoms in total. The third kappa shape index (κ3) is 4.35. The van der Waals surface area contributed by atoms with E-state index in [1.807, 2.05) is 18.2 Å². The summed E-state index contributed by atoms with van der Waals surface area (Å²) in [7, 11) is 0. The maximum Gasteiger partial charge on any atom is 0.315 e. The largest absolute Gasteiger partial charge is 0.368 e. The Hall–Kier alpha value is -2.29. The predicted molar refractivity (Wildman–Crippen MR) is 83.5 cm³/mol. The molecule has 2 N–H and O–H groups in total. The third-order valence-electron chi connectivity index (χ3n) is 3.72. The number of urea groups is 1. The molecule has 1 atom stereocenters. The van der Waals surface area contributed by atoms with Crippen LogP contribution in [0.15, 0.2) is 24.3 Å². The number of piperidine rings is 1. The van der Waals surface area contributed by atoms with E-state index in [4.69, 9.17) is 0 Å². The van der Waals surface area contributed by atoms with Gasteiger partial charge in [0.15, 0.2) is 0 Å². The molecular formula is C16H21FN4O. The van der Waals surface area contributed by atoms with Crippen molar-refractivity contribution in [2.75, 3.05) is 31.2 Å². The number of alkyl halides is 1. The van der Waals surface area contributed by atoms with Gasteiger partial charge in [0.2, 0.25) is 0 Å². The van der Waals surface area contributed by atoms with E-state index in [1.54, 1.807) is 6.07 Å². The van der Waals surface area contributed by atoms with Gasteiger partial charge in [0, 0.05) is 25.7 Å². The second kappa shape index (κ2) is 8.23. The Morgan fingerprint density at radius 1 is 1.45 bits per heavy atom. The van der Waals surface area contributed by atoms with E-state index in [-0.39, 0.29) is 12.1 Å². The van der Waals surface area contributed by atoms with Gasteiger partial charge < -0.3 is 15.5 Å². The molecule has 22 heavy (non-hydrogen) atoms. The molecule has 0 unspecified atom stereocenters. The minimum Gasteiger partial charge on any atom is -0.368 e. The first-order valence-corrected chi connectivity index (χ1v) is 7.59. The Bertz CT molecular complexity index is 543. The number of nitrogens with one attached hydrogen (secondary N) is 2. The lowest BCUT2D eigenvalue weighted by Crippen LogP contribution is -2.50. The maximum absolute atomic E-state index is 12.0. The number of amides is 2. The molecule has 0 radical (unpaired) electrons. The number of hydrogen-bond acceptors (Lipinski definition) is 3. The number of nitriles is 1. The van der Waals surface area contributed by atoms with Gasteiger partial charge in [-0.05, 0) is 31.4 Å². The first-order valence-electron chi connectivity index (χ1n) is 7.59. The molecule has 1 aromatic carbocycles. The molecule has 1 aromatic rings. The SMILES string of the molecule is N#Cc1ccccc1N1CCC[C@H](NC(=O)NCCCF)C1. The molecule has 2 rings (SSSR count). The Morgan fingerprint density at radius 3 is 3.05 bits per heavy atom. The molecule has 6 heteroatoms. The number of nitrogens with zero attached hydrogens (tertiary/aromatic N) is 2. The number of benzene rings is 1. The van der Waals surface area contributed by atoms with Crippen LogP contribution in [0.5, 0.6) is 0 Å². The second-order valence-corrected chi connectivity index (χ2v) is 5.36. The molecular weight excluding hydrogens is 283 g/mol. The Labute approximate surface area is 130 Å². The van der Waals surface area contributed by atoms with Crippen molar-refractivity contribution in [3.05, 3.63) is 29.8 Å². The lowest BCUT2D eigenvalue weighted by molar-refractivity contribution is 0.234. The smallest absolute Gasteiger partial charge is 0.315 e. The highest BCUT2D eigenvalue weighted by Gasteiger charge is 2.22. The standard InChI is InChI=1S/C16H21FN4O/c17-8-4-9-19-16(22)20-14-6-3-10-21(12-14)15-7-2-1-5-13(15)11-18/h1-2,5,7,14H,3-4,6,8-10,12H2,(H2,19,20,22)/t14-/m0/s1. The second-order valence-electron chi connectivity index (χ2n) is 5.36. The van der Waals surface area contributed by atoms with E-state index in [0.29, 0.717) is 25.1 Å². The number of hydrogen-bond donors (Lipinski definition) is 2. The summed E-state index contributed by atoms with van der Waals surface area (Å²) < 4.78 is 12.0. The van der Waals surface area contributed by atoms with Crippen LogP contribution in [0.25, 0.3) is 0 Å². The molecule has 0 aliphatic carbocycles. The molecule has 0 spiro atoms. The van der Waals surface area contributed by atoms with Crippen LogP contribution in [0.4, 0.5) is 14.9 Å². The number of rotatable bonds is 5. The number of halogens is 1. The molecule has 1 aliphatic rings. The van der Waals surface area contributed by atoms with Gasteiger partial charge in [-0.1, -0.05) is 12.1 Å². The van der Waals surface area contributed by atoms with Gasteiger partial charge in [-0.3, -0.25) is 4.39 Å². The van der Waals surface area contributed by atoms with Crippen LogP contribution in [-0.2, 0) is 0 Å². The molecule has 118 valence electrons. The van der Waals surface area contributed by atoms with E-state index in [9.17, 15) is 14.4 Å². The van der Waals surface area contributed by atoms with Gasteiger partial charge in [-0.25, -0.2) is 4.79 Å². The molecule has 1 saturated heterocycles. The molecule has 1 aliphatic heterocycles. The summed E-state index contributed by atoms with van der Waals surface area (Å²) in [5.74, 6) is 0. The summed E-state index contributed by atoms with van der Waals surface area (Å²) >= 11 is 0. The topological polar surface area (TPSA) is 68.2 Å². The Kier molecular flexibility index (Phi) is 6.01. The van der Waals surface area contributed by atoms with Crippen LogP contribution in [0.3, 0.4) is 0 Å². The van der Waals surface area contributed by atoms with Crippen molar-refractivity contribution >= 4 is 11.7 Å². The number of anilines is 1. The highest BCUT2D eigenvalue weighted by molar-refractivity contribution is 5.74. The predicted octanol–water partition coefficient (Wildman–Crippen LogP) is 2.19. The van der Waals surface area contributed by atoms with Crippen LogP contribution in [0.1, 0.15) is 24.8 Å². The van der Waals surface area contributed by atoms with E-state index >= 15 is 0 Å². The fourth-order valence-corrected chi connectivity index (χ4v) is 2.66. The molecule has 0 saturated carbocycles. The lowest BCUT2D eigenvalue weighted by Gasteiger charge is -2.35. The summed E-state index contributed by atoms with van der Waals surface area (Å²) in [6.45, 7) is 1.47. The fraction of sp³-hybridized carbons (Fsp3) is 0.500. The van der Waals surface area contributed by atoms with Crippen molar-refractivity contribution < 1.29 is 9.18 Å². The minimum atomic E-state index is -0.428. The monoisotopic (exact) mass is 304 g/mol. The quantitative estimate of drug-likeness (QED) is 0.819. The number of para-hydroxylation sites is 1. The third-order valence-corrected chi connectivity index (χ3v) is 3.72. The van der Waals surface area contributed by atoms with Crippen molar-refractivity contribution in [3.63, 3.8) is 0 Å². The zero-order chi connectivity index (χ0) is 15.8. The molecule has 0 bridgehead atoms. The first kappa shape index (κ1) is 16.1. The van der Waals surface area contributed by atoms with Gasteiger partial charge in [0.05, 0.1) is 17.9 Å². The van der Waals surface area contributed by atoms with E-state index in [2.05, 4.69) is 21.6 Å². The van der Waals surface area contributed by atoms with Crippen molar-refractivity contribution in [3.8, 4) is 6.07 Å². The normalized spacial score (nSPS) is 17.6. The van der Waals surface area contributed by atoms with Crippen LogP contribution in [0, 0.1) is 11.3 Å². The van der Waals surface area contributed by atoms with Crippen LogP contribution < -0.4 is 15.5 Å². The average Bonchev–Trinajstić information content (AvgIpc) is 2.55. The van der Waals surface area contributed by atoms with Crippen molar-refractivity contribution in [2.24, 2.45) is 0 Å². The van der Waals surface area contributed by atoms with Gasteiger partial charge in [-0.2, -0.15) is 5.26 Å². The summed E-state index contributed by atoms with van der Waals surface area (Å²) in [4.78, 5) is 13.9. The molecule has 0 aromatic heterocycles. The van der Waals surface area contributed by atoms with Gasteiger partial charge in [0.1, 0.15) is 6.07 Å². The molecule has 1 fully saturated rings. The average molecular weight is 304 g/mol. The molecule has 1 heterocycles.